The molecular formula is C18H18Cl2N2O3. The minimum Gasteiger partial charge on any atom is -0.493 e. The van der Waals surface area contributed by atoms with Crippen molar-refractivity contribution in [2.75, 3.05) is 7.11 Å². The molecule has 0 amide bonds. The van der Waals surface area contributed by atoms with Gasteiger partial charge in [0.1, 0.15) is 5.56 Å². The number of nitrogens with zero attached hydrogens (tertiary/aromatic N) is 2. The maximum Gasteiger partial charge on any atom is 0.278 e. The molecule has 0 fully saturated rings. The van der Waals surface area contributed by atoms with Crippen LogP contribution in [-0.4, -0.2) is 27.7 Å². The van der Waals surface area contributed by atoms with Gasteiger partial charge in [0.15, 0.2) is 0 Å². The first-order valence-electron chi connectivity index (χ1n) is 7.95. The molecule has 0 bridgehead atoms. The summed E-state index contributed by atoms with van der Waals surface area (Å²) in [5.74, 6) is 5.53. The highest BCUT2D eigenvalue weighted by Gasteiger charge is 2.27. The van der Waals surface area contributed by atoms with Gasteiger partial charge < -0.3 is 9.84 Å². The van der Waals surface area contributed by atoms with Crippen molar-refractivity contribution < 1.29 is 9.84 Å². The van der Waals surface area contributed by atoms with Crippen molar-refractivity contribution in [1.82, 2.24) is 9.36 Å². The third-order valence-electron chi connectivity index (χ3n) is 4.43. The summed E-state index contributed by atoms with van der Waals surface area (Å²) in [6.07, 6.45) is 1.48. The molecule has 1 aliphatic rings. The summed E-state index contributed by atoms with van der Waals surface area (Å²) in [6.45, 7) is 2.65. The Morgan fingerprint density at radius 2 is 1.76 bits per heavy atom. The van der Waals surface area contributed by atoms with Crippen LogP contribution in [0.4, 0.5) is 0 Å². The van der Waals surface area contributed by atoms with E-state index in [1.807, 2.05) is 0 Å². The highest BCUT2D eigenvalue weighted by atomic mass is 35.5. The Kier molecular flexibility index (Phi) is 5.14. The van der Waals surface area contributed by atoms with E-state index in [0.29, 0.717) is 37.1 Å². The summed E-state index contributed by atoms with van der Waals surface area (Å²) in [5.41, 5.74) is 0.808. The predicted octanol–water partition coefficient (Wildman–Crippen LogP) is 3.51. The van der Waals surface area contributed by atoms with Gasteiger partial charge in [-0.25, -0.2) is 4.68 Å². The molecule has 25 heavy (non-hydrogen) atoms. The van der Waals surface area contributed by atoms with E-state index < -0.39 is 0 Å². The van der Waals surface area contributed by atoms with E-state index in [9.17, 15) is 9.90 Å². The summed E-state index contributed by atoms with van der Waals surface area (Å²) in [5, 5.41) is 11.2. The molecule has 3 rings (SSSR count). The van der Waals surface area contributed by atoms with Gasteiger partial charge in [-0.05, 0) is 31.9 Å². The lowest BCUT2D eigenvalue weighted by Crippen LogP contribution is -2.22. The number of hydrogen-bond acceptors (Lipinski definition) is 3. The molecule has 1 aliphatic heterocycles. The topological polar surface area (TPSA) is 56.4 Å². The van der Waals surface area contributed by atoms with E-state index in [-0.39, 0.29) is 33.2 Å². The SMILES string of the molecule is CC#Cc1cc(Cl)c(-c2c(O)n3n(c2=O)CCC(OC)CC3)c(Cl)c1. The lowest BCUT2D eigenvalue weighted by atomic mass is 10.1. The van der Waals surface area contributed by atoms with Gasteiger partial charge in [-0.1, -0.05) is 29.1 Å². The van der Waals surface area contributed by atoms with Crippen LogP contribution in [0.2, 0.25) is 10.0 Å². The fourth-order valence-electron chi connectivity index (χ4n) is 3.19. The summed E-state index contributed by atoms with van der Waals surface area (Å²) >= 11 is 12.7. The Morgan fingerprint density at radius 1 is 1.16 bits per heavy atom. The average molecular weight is 381 g/mol. The Morgan fingerprint density at radius 3 is 2.32 bits per heavy atom. The zero-order valence-corrected chi connectivity index (χ0v) is 15.5. The second-order valence-corrected chi connectivity index (χ2v) is 6.69. The minimum absolute atomic E-state index is 0.0636. The van der Waals surface area contributed by atoms with Crippen molar-refractivity contribution in [3.8, 4) is 28.8 Å². The first-order chi connectivity index (χ1) is 12.0. The molecule has 0 saturated carbocycles. The van der Waals surface area contributed by atoms with Crippen LogP contribution in [0.15, 0.2) is 16.9 Å². The maximum atomic E-state index is 12.9. The number of aromatic nitrogens is 2. The molecule has 0 saturated heterocycles. The largest absolute Gasteiger partial charge is 0.493 e. The number of methoxy groups -OCH3 is 1. The van der Waals surface area contributed by atoms with Crippen molar-refractivity contribution in [2.24, 2.45) is 0 Å². The first-order valence-corrected chi connectivity index (χ1v) is 8.71. The molecular weight excluding hydrogens is 363 g/mol. The molecule has 1 atom stereocenters. The third-order valence-corrected chi connectivity index (χ3v) is 5.02. The van der Waals surface area contributed by atoms with E-state index >= 15 is 0 Å². The molecule has 132 valence electrons. The van der Waals surface area contributed by atoms with Crippen molar-refractivity contribution in [1.29, 1.82) is 0 Å². The summed E-state index contributed by atoms with van der Waals surface area (Å²) in [7, 11) is 1.65. The summed E-state index contributed by atoms with van der Waals surface area (Å²) < 4.78 is 8.47. The standard InChI is InChI=1S/C18H18Cl2N2O3/c1-3-4-11-9-13(19)15(14(20)10-11)16-17(23)21-7-5-12(25-2)6-8-22(21)18(16)24/h9-10,12,23H,5-8H2,1-2H3. The number of halogens is 2. The number of rotatable bonds is 2. The van der Waals surface area contributed by atoms with Crippen LogP contribution in [0.1, 0.15) is 25.3 Å². The van der Waals surface area contributed by atoms with Crippen LogP contribution in [0.5, 0.6) is 5.88 Å². The fourth-order valence-corrected chi connectivity index (χ4v) is 3.86. The van der Waals surface area contributed by atoms with E-state index in [4.69, 9.17) is 27.9 Å². The average Bonchev–Trinajstić information content (AvgIpc) is 2.73. The number of fused-ring (bicyclic) bond motifs is 1. The number of ether oxygens (including phenoxy) is 1. The Labute approximate surface area is 155 Å². The fraction of sp³-hybridized carbons (Fsp3) is 0.389. The Balaban J connectivity index is 2.15. The molecule has 0 radical (unpaired) electrons. The third kappa shape index (κ3) is 3.18. The zero-order valence-electron chi connectivity index (χ0n) is 14.0. The van der Waals surface area contributed by atoms with Crippen LogP contribution in [0.25, 0.3) is 11.1 Å². The normalized spacial score (nSPS) is 16.7. The van der Waals surface area contributed by atoms with Crippen molar-refractivity contribution in [3.63, 3.8) is 0 Å². The number of hydrogen-bond donors (Lipinski definition) is 1. The highest BCUT2D eigenvalue weighted by Crippen LogP contribution is 2.39. The first kappa shape index (κ1) is 17.9. The van der Waals surface area contributed by atoms with Gasteiger partial charge in [-0.3, -0.25) is 9.48 Å². The summed E-state index contributed by atoms with van der Waals surface area (Å²) in [4.78, 5) is 12.9. The van der Waals surface area contributed by atoms with E-state index in [1.165, 1.54) is 4.68 Å². The Bertz CT molecular complexity index is 911. The molecule has 2 aromatic rings. The molecule has 0 spiro atoms. The second-order valence-electron chi connectivity index (χ2n) is 5.87. The second kappa shape index (κ2) is 7.17. The van der Waals surface area contributed by atoms with Crippen LogP contribution >= 0.6 is 23.2 Å². The highest BCUT2D eigenvalue weighted by molar-refractivity contribution is 6.39. The molecule has 1 N–H and O–H groups in total. The molecule has 0 aliphatic carbocycles. The van der Waals surface area contributed by atoms with Gasteiger partial charge in [-0.15, -0.1) is 5.92 Å². The zero-order chi connectivity index (χ0) is 18.1. The van der Waals surface area contributed by atoms with Crippen LogP contribution in [-0.2, 0) is 17.8 Å². The smallest absolute Gasteiger partial charge is 0.278 e. The van der Waals surface area contributed by atoms with Crippen molar-refractivity contribution in [3.05, 3.63) is 38.1 Å². The molecule has 2 heterocycles. The minimum atomic E-state index is -0.313. The van der Waals surface area contributed by atoms with E-state index in [0.717, 1.165) is 0 Å². The van der Waals surface area contributed by atoms with Gasteiger partial charge in [0, 0.05) is 31.3 Å². The van der Waals surface area contributed by atoms with Crippen molar-refractivity contribution >= 4 is 23.2 Å². The molecule has 1 aromatic heterocycles. The van der Waals surface area contributed by atoms with Gasteiger partial charge in [-0.2, -0.15) is 0 Å². The lowest BCUT2D eigenvalue weighted by Gasteiger charge is -2.11. The van der Waals surface area contributed by atoms with Gasteiger partial charge in [0.05, 0.1) is 16.1 Å². The predicted molar refractivity (Wildman–Crippen MR) is 98.4 cm³/mol. The van der Waals surface area contributed by atoms with Gasteiger partial charge >= 0.3 is 0 Å². The monoisotopic (exact) mass is 380 g/mol. The number of benzene rings is 1. The lowest BCUT2D eigenvalue weighted by molar-refractivity contribution is 0.0873. The van der Waals surface area contributed by atoms with Gasteiger partial charge in [0.2, 0.25) is 5.88 Å². The van der Waals surface area contributed by atoms with Crippen molar-refractivity contribution in [2.45, 2.75) is 39.0 Å². The van der Waals surface area contributed by atoms with Crippen LogP contribution < -0.4 is 5.56 Å². The van der Waals surface area contributed by atoms with Crippen LogP contribution in [0, 0.1) is 11.8 Å². The molecule has 5 nitrogen and oxygen atoms in total. The van der Waals surface area contributed by atoms with Gasteiger partial charge in [0.25, 0.3) is 5.56 Å². The molecule has 1 unspecified atom stereocenters. The maximum absolute atomic E-state index is 12.9. The quantitative estimate of drug-likeness (QED) is 0.810. The number of aromatic hydroxyl groups is 1. The molecule has 1 aromatic carbocycles. The molecule has 7 heteroatoms. The summed E-state index contributed by atoms with van der Waals surface area (Å²) in [6, 6.07) is 3.29. The van der Waals surface area contributed by atoms with E-state index in [2.05, 4.69) is 11.8 Å². The van der Waals surface area contributed by atoms with Crippen LogP contribution in [0.3, 0.4) is 0 Å². The van der Waals surface area contributed by atoms with E-state index in [1.54, 1.807) is 30.8 Å². The Hall–Kier alpha value is -1.87.